The van der Waals surface area contributed by atoms with Crippen LogP contribution in [0.5, 0.6) is 0 Å². The molecule has 48 heavy (non-hydrogen) atoms. The van der Waals surface area contributed by atoms with Crippen molar-refractivity contribution in [3.63, 3.8) is 0 Å². The van der Waals surface area contributed by atoms with E-state index in [0.29, 0.717) is 61.7 Å². The molecular formula is C36H37ClF2N4O5. The molecule has 1 saturated heterocycles. The normalized spacial score (nSPS) is 16.2. The Hall–Kier alpha value is -4.16. The molecule has 12 heteroatoms. The van der Waals surface area contributed by atoms with E-state index in [2.05, 4.69) is 10.2 Å². The summed E-state index contributed by atoms with van der Waals surface area (Å²) < 4.78 is 38.7. The van der Waals surface area contributed by atoms with E-state index in [1.54, 1.807) is 0 Å². The Morgan fingerprint density at radius 1 is 0.958 bits per heavy atom. The number of carboxylic acid groups (broad SMARTS) is 1. The molecular weight excluding hydrogens is 642 g/mol. The Bertz CT molecular complexity index is 1890. The lowest BCUT2D eigenvalue weighted by Gasteiger charge is -2.39. The van der Waals surface area contributed by atoms with Gasteiger partial charge in [0, 0.05) is 36.6 Å². The average molecular weight is 679 g/mol. The van der Waals surface area contributed by atoms with Gasteiger partial charge < -0.3 is 15.2 Å². The first kappa shape index (κ1) is 33.7. The fourth-order valence-electron chi connectivity index (χ4n) is 6.83. The van der Waals surface area contributed by atoms with Crippen molar-refractivity contribution in [3.8, 4) is 0 Å². The first-order chi connectivity index (χ1) is 23.1. The summed E-state index contributed by atoms with van der Waals surface area (Å²) in [6, 6.07) is 19.9. The molecule has 0 radical (unpaired) electrons. The first-order valence-corrected chi connectivity index (χ1v) is 16.4. The SMILES string of the molecule is O=C(O)CCCNC(Cn1c(=O)c2c(n(Cc3c(F)cccc3F)c1=O)COC21CCN(Cc2cccc(Cl)c2)CC1)c1ccccc1. The fraction of sp³-hybridized carbons (Fsp3) is 0.361. The maximum absolute atomic E-state index is 14.9. The molecule has 3 heterocycles. The highest BCUT2D eigenvalue weighted by molar-refractivity contribution is 6.30. The summed E-state index contributed by atoms with van der Waals surface area (Å²) in [5, 5.41) is 13.1. The number of carbonyl (C=O) groups is 1. The van der Waals surface area contributed by atoms with E-state index < -0.39 is 47.0 Å². The van der Waals surface area contributed by atoms with Gasteiger partial charge in [-0.25, -0.2) is 13.6 Å². The van der Waals surface area contributed by atoms with Gasteiger partial charge in [0.05, 0.1) is 37.0 Å². The minimum atomic E-state index is -0.973. The van der Waals surface area contributed by atoms with Crippen LogP contribution in [0.15, 0.2) is 82.4 Å². The molecule has 1 atom stereocenters. The number of piperidine rings is 1. The number of aliphatic carboxylic acids is 1. The standard InChI is InChI=1S/C36H37ClF2N4O5/c37-26-10-4-7-24(19-26)20-41-17-14-36(15-18-41)33-31(23-48-36)42(21-27-28(38)11-5-12-29(27)39)35(47)43(34(33)46)22-30(25-8-2-1-3-9-25)40-16-6-13-32(44)45/h1-5,7-12,19,30,40H,6,13-18,20-23H2,(H,44,45). The molecule has 0 saturated carbocycles. The molecule has 3 aromatic carbocycles. The van der Waals surface area contributed by atoms with Crippen molar-refractivity contribution in [1.29, 1.82) is 0 Å². The summed E-state index contributed by atoms with van der Waals surface area (Å²) in [4.78, 5) is 42.1. The average Bonchev–Trinajstić information content (AvgIpc) is 3.43. The lowest BCUT2D eigenvalue weighted by Crippen LogP contribution is -2.50. The monoisotopic (exact) mass is 678 g/mol. The molecule has 4 aromatic rings. The van der Waals surface area contributed by atoms with Crippen molar-refractivity contribution in [2.24, 2.45) is 0 Å². The summed E-state index contributed by atoms with van der Waals surface area (Å²) in [5.74, 6) is -2.51. The van der Waals surface area contributed by atoms with E-state index in [1.807, 2.05) is 54.6 Å². The third-order valence-electron chi connectivity index (χ3n) is 9.34. The second-order valence-electron chi connectivity index (χ2n) is 12.4. The highest BCUT2D eigenvalue weighted by atomic mass is 35.5. The van der Waals surface area contributed by atoms with Crippen LogP contribution in [0.4, 0.5) is 8.78 Å². The number of carboxylic acids is 1. The van der Waals surface area contributed by atoms with Crippen molar-refractivity contribution in [1.82, 2.24) is 19.4 Å². The fourth-order valence-corrected chi connectivity index (χ4v) is 7.04. The molecule has 1 aromatic heterocycles. The van der Waals surface area contributed by atoms with Gasteiger partial charge in [0.15, 0.2) is 0 Å². The van der Waals surface area contributed by atoms with Crippen LogP contribution in [-0.2, 0) is 41.4 Å². The van der Waals surface area contributed by atoms with Crippen molar-refractivity contribution in [3.05, 3.63) is 138 Å². The minimum absolute atomic E-state index is 0.0392. The number of halogens is 3. The third kappa shape index (κ3) is 7.14. The van der Waals surface area contributed by atoms with Crippen molar-refractivity contribution in [2.45, 2.75) is 63.6 Å². The highest BCUT2D eigenvalue weighted by Crippen LogP contribution is 2.42. The zero-order chi connectivity index (χ0) is 33.8. The number of hydrogen-bond acceptors (Lipinski definition) is 6. The van der Waals surface area contributed by atoms with E-state index in [1.165, 1.54) is 10.6 Å². The van der Waals surface area contributed by atoms with Gasteiger partial charge in [-0.05, 0) is 61.2 Å². The van der Waals surface area contributed by atoms with Crippen LogP contribution in [0.1, 0.15) is 59.7 Å². The predicted molar refractivity (Wildman–Crippen MR) is 177 cm³/mol. The summed E-state index contributed by atoms with van der Waals surface area (Å²) in [7, 11) is 0. The summed E-state index contributed by atoms with van der Waals surface area (Å²) in [5.41, 5.74) is 0.0959. The topological polar surface area (TPSA) is 106 Å². The van der Waals surface area contributed by atoms with Gasteiger partial charge in [0.2, 0.25) is 0 Å². The van der Waals surface area contributed by atoms with Crippen molar-refractivity contribution >= 4 is 17.6 Å². The number of likely N-dealkylation sites (tertiary alicyclic amines) is 1. The zero-order valence-electron chi connectivity index (χ0n) is 26.3. The van der Waals surface area contributed by atoms with Crippen LogP contribution in [0.3, 0.4) is 0 Å². The van der Waals surface area contributed by atoms with E-state index in [0.717, 1.165) is 27.8 Å². The molecule has 0 aliphatic carbocycles. The second-order valence-corrected chi connectivity index (χ2v) is 12.8. The molecule has 2 aliphatic heterocycles. The van der Waals surface area contributed by atoms with Gasteiger partial charge >= 0.3 is 11.7 Å². The minimum Gasteiger partial charge on any atom is -0.481 e. The van der Waals surface area contributed by atoms with Crippen LogP contribution in [0, 0.1) is 11.6 Å². The van der Waals surface area contributed by atoms with E-state index in [-0.39, 0.29) is 25.1 Å². The Balaban J connectivity index is 1.38. The summed E-state index contributed by atoms with van der Waals surface area (Å²) >= 11 is 6.20. The van der Waals surface area contributed by atoms with E-state index >= 15 is 0 Å². The quantitative estimate of drug-likeness (QED) is 0.198. The maximum atomic E-state index is 14.9. The van der Waals surface area contributed by atoms with Crippen LogP contribution in [-0.4, -0.2) is 44.7 Å². The number of rotatable bonds is 12. The molecule has 2 aliphatic rings. The number of hydrogen-bond donors (Lipinski definition) is 2. The Labute approximate surface area is 281 Å². The molecule has 1 fully saturated rings. The van der Waals surface area contributed by atoms with Crippen LogP contribution >= 0.6 is 11.6 Å². The Morgan fingerprint density at radius 3 is 2.35 bits per heavy atom. The molecule has 2 N–H and O–H groups in total. The third-order valence-corrected chi connectivity index (χ3v) is 9.57. The number of ether oxygens (including phenoxy) is 1. The zero-order valence-corrected chi connectivity index (χ0v) is 27.1. The summed E-state index contributed by atoms with van der Waals surface area (Å²) in [6.07, 6.45) is 1.27. The molecule has 0 bridgehead atoms. The van der Waals surface area contributed by atoms with Crippen LogP contribution in [0.25, 0.3) is 0 Å². The number of benzene rings is 3. The largest absolute Gasteiger partial charge is 0.481 e. The molecule has 0 amide bonds. The molecule has 252 valence electrons. The molecule has 1 spiro atoms. The number of nitrogens with zero attached hydrogens (tertiary/aromatic N) is 3. The van der Waals surface area contributed by atoms with Crippen molar-refractivity contribution < 1.29 is 23.4 Å². The van der Waals surface area contributed by atoms with Crippen molar-refractivity contribution in [2.75, 3.05) is 19.6 Å². The number of aromatic nitrogens is 2. The van der Waals surface area contributed by atoms with Gasteiger partial charge in [-0.15, -0.1) is 0 Å². The lowest BCUT2D eigenvalue weighted by atomic mass is 9.85. The highest BCUT2D eigenvalue weighted by Gasteiger charge is 2.47. The van der Waals surface area contributed by atoms with E-state index in [4.69, 9.17) is 21.4 Å². The Kier molecular flexibility index (Phi) is 10.2. The molecule has 9 nitrogen and oxygen atoms in total. The maximum Gasteiger partial charge on any atom is 0.331 e. The van der Waals surface area contributed by atoms with Crippen LogP contribution < -0.4 is 16.6 Å². The lowest BCUT2D eigenvalue weighted by molar-refractivity contribution is -0.137. The Morgan fingerprint density at radius 2 is 1.67 bits per heavy atom. The number of fused-ring (bicyclic) bond motifs is 2. The second kappa shape index (κ2) is 14.5. The molecule has 6 rings (SSSR count). The molecule has 1 unspecified atom stereocenters. The summed E-state index contributed by atoms with van der Waals surface area (Å²) in [6.45, 7) is 1.69. The predicted octanol–water partition coefficient (Wildman–Crippen LogP) is 5.21. The van der Waals surface area contributed by atoms with Gasteiger partial charge in [0.1, 0.15) is 17.2 Å². The van der Waals surface area contributed by atoms with E-state index in [9.17, 15) is 23.2 Å². The van der Waals surface area contributed by atoms with Gasteiger partial charge in [-0.2, -0.15) is 0 Å². The smallest absolute Gasteiger partial charge is 0.331 e. The van der Waals surface area contributed by atoms with Gasteiger partial charge in [0.25, 0.3) is 5.56 Å². The number of nitrogens with one attached hydrogen (secondary N) is 1. The van der Waals surface area contributed by atoms with Gasteiger partial charge in [-0.1, -0.05) is 60.1 Å². The van der Waals surface area contributed by atoms with Crippen LogP contribution in [0.2, 0.25) is 5.02 Å². The first-order valence-electron chi connectivity index (χ1n) is 16.1. The van der Waals surface area contributed by atoms with Gasteiger partial charge in [-0.3, -0.25) is 23.6 Å².